The van der Waals surface area contributed by atoms with Crippen molar-refractivity contribution >= 4 is 22.9 Å². The third-order valence-electron chi connectivity index (χ3n) is 2.65. The average molecular weight is 262 g/mol. The van der Waals surface area contributed by atoms with Gasteiger partial charge < -0.3 is 10.1 Å². The molecular weight excluding hydrogens is 242 g/mol. The van der Waals surface area contributed by atoms with Crippen molar-refractivity contribution in [1.29, 1.82) is 0 Å². The smallest absolute Gasteiger partial charge is 0.0931 e. The molecule has 0 fully saturated rings. The lowest BCUT2D eigenvalue weighted by Crippen LogP contribution is -2.40. The van der Waals surface area contributed by atoms with Crippen LogP contribution in [0.4, 0.5) is 0 Å². The summed E-state index contributed by atoms with van der Waals surface area (Å²) in [5.74, 6) is 0. The van der Waals surface area contributed by atoms with Gasteiger partial charge in [0, 0.05) is 17.5 Å². The van der Waals surface area contributed by atoms with E-state index >= 15 is 0 Å². The van der Waals surface area contributed by atoms with Crippen LogP contribution >= 0.6 is 22.9 Å². The normalized spacial score (nSPS) is 15.0. The van der Waals surface area contributed by atoms with E-state index in [0.29, 0.717) is 6.04 Å². The Bertz CT molecular complexity index is 303. The molecule has 0 aromatic carbocycles. The molecule has 0 saturated heterocycles. The zero-order valence-electron chi connectivity index (χ0n) is 10.1. The van der Waals surface area contributed by atoms with Crippen molar-refractivity contribution in [3.63, 3.8) is 0 Å². The number of thiophene rings is 1. The number of hydrogen-bond acceptors (Lipinski definition) is 3. The summed E-state index contributed by atoms with van der Waals surface area (Å²) in [6, 6.07) is 4.41. The Labute approximate surface area is 107 Å². The largest absolute Gasteiger partial charge is 0.377 e. The quantitative estimate of drug-likeness (QED) is 0.813. The molecule has 2 nitrogen and oxygen atoms in total. The second kappa shape index (κ2) is 7.28. The summed E-state index contributed by atoms with van der Waals surface area (Å²) in [6.45, 7) is 4.96. The van der Waals surface area contributed by atoms with Gasteiger partial charge in [0.05, 0.1) is 10.4 Å². The molecular formula is C12H20ClNOS. The van der Waals surface area contributed by atoms with Crippen molar-refractivity contribution in [3.05, 3.63) is 21.3 Å². The summed E-state index contributed by atoms with van der Waals surface area (Å²) >= 11 is 7.58. The number of hydrogen-bond donors (Lipinski definition) is 1. The number of nitrogens with one attached hydrogen (secondary N) is 1. The van der Waals surface area contributed by atoms with Crippen LogP contribution in [-0.2, 0) is 11.2 Å². The Balaban J connectivity index is 2.59. The highest BCUT2D eigenvalue weighted by Gasteiger charge is 2.19. The Kier molecular flexibility index (Phi) is 6.36. The maximum absolute atomic E-state index is 5.93. The highest BCUT2D eigenvalue weighted by atomic mass is 35.5. The molecule has 2 atom stereocenters. The second-order valence-corrected chi connectivity index (χ2v) is 5.51. The van der Waals surface area contributed by atoms with Gasteiger partial charge in [0.2, 0.25) is 0 Å². The molecule has 92 valence electrons. The highest BCUT2D eigenvalue weighted by molar-refractivity contribution is 7.16. The number of likely N-dealkylation sites (N-methyl/N-ethyl adjacent to an activating group) is 1. The third-order valence-corrected chi connectivity index (χ3v) is 3.91. The van der Waals surface area contributed by atoms with Crippen molar-refractivity contribution in [2.45, 2.75) is 38.8 Å². The molecule has 1 aromatic rings. The first kappa shape index (κ1) is 14.0. The number of ether oxygens (including phenoxy) is 1. The molecule has 0 radical (unpaired) electrons. The van der Waals surface area contributed by atoms with Gasteiger partial charge in [-0.25, -0.2) is 0 Å². The minimum Gasteiger partial charge on any atom is -0.377 e. The molecule has 1 N–H and O–H groups in total. The maximum Gasteiger partial charge on any atom is 0.0931 e. The van der Waals surface area contributed by atoms with Gasteiger partial charge in [-0.1, -0.05) is 18.5 Å². The van der Waals surface area contributed by atoms with E-state index in [4.69, 9.17) is 16.3 Å². The van der Waals surface area contributed by atoms with Crippen molar-refractivity contribution in [1.82, 2.24) is 5.32 Å². The van der Waals surface area contributed by atoms with Crippen LogP contribution in [0.3, 0.4) is 0 Å². The predicted molar refractivity (Wildman–Crippen MR) is 71.6 cm³/mol. The van der Waals surface area contributed by atoms with Crippen LogP contribution in [0.5, 0.6) is 0 Å². The van der Waals surface area contributed by atoms with Crippen LogP contribution in [0.1, 0.15) is 25.1 Å². The standard InChI is InChI=1S/C12H20ClNOS/c1-4-11(15-5-2)10(14-3)8-9-6-7-12(13)16-9/h6-7,10-11,14H,4-5,8H2,1-3H3. The lowest BCUT2D eigenvalue weighted by molar-refractivity contribution is 0.0341. The minimum absolute atomic E-state index is 0.274. The second-order valence-electron chi connectivity index (χ2n) is 3.71. The number of halogens is 1. The van der Waals surface area contributed by atoms with Crippen molar-refractivity contribution < 1.29 is 4.74 Å². The topological polar surface area (TPSA) is 21.3 Å². The van der Waals surface area contributed by atoms with Gasteiger partial charge in [-0.3, -0.25) is 0 Å². The zero-order valence-corrected chi connectivity index (χ0v) is 11.7. The van der Waals surface area contributed by atoms with Gasteiger partial charge in [-0.15, -0.1) is 11.3 Å². The van der Waals surface area contributed by atoms with E-state index in [-0.39, 0.29) is 6.10 Å². The highest BCUT2D eigenvalue weighted by Crippen LogP contribution is 2.23. The molecule has 0 amide bonds. The SMILES string of the molecule is CCOC(CC)C(Cc1ccc(Cl)s1)NC. The first-order valence-corrected chi connectivity index (χ1v) is 6.93. The van der Waals surface area contributed by atoms with E-state index in [1.807, 2.05) is 20.0 Å². The lowest BCUT2D eigenvalue weighted by atomic mass is 10.0. The first-order valence-electron chi connectivity index (χ1n) is 5.74. The van der Waals surface area contributed by atoms with E-state index in [1.54, 1.807) is 11.3 Å². The van der Waals surface area contributed by atoms with Gasteiger partial charge in [-0.05, 0) is 38.9 Å². The van der Waals surface area contributed by atoms with Gasteiger partial charge in [0.15, 0.2) is 0 Å². The number of rotatable bonds is 7. The fraction of sp³-hybridized carbons (Fsp3) is 0.667. The summed E-state index contributed by atoms with van der Waals surface area (Å²) in [4.78, 5) is 1.31. The van der Waals surface area contributed by atoms with E-state index in [1.165, 1.54) is 4.88 Å². The van der Waals surface area contributed by atoms with Gasteiger partial charge in [-0.2, -0.15) is 0 Å². The first-order chi connectivity index (χ1) is 7.71. The summed E-state index contributed by atoms with van der Waals surface area (Å²) in [5.41, 5.74) is 0. The molecule has 16 heavy (non-hydrogen) atoms. The molecule has 1 heterocycles. The fourth-order valence-electron chi connectivity index (χ4n) is 1.83. The van der Waals surface area contributed by atoms with Crippen molar-refractivity contribution in [2.24, 2.45) is 0 Å². The van der Waals surface area contributed by atoms with E-state index in [0.717, 1.165) is 23.8 Å². The van der Waals surface area contributed by atoms with Crippen molar-refractivity contribution in [2.75, 3.05) is 13.7 Å². The molecule has 4 heteroatoms. The minimum atomic E-state index is 0.274. The summed E-state index contributed by atoms with van der Waals surface area (Å²) < 4.78 is 6.59. The van der Waals surface area contributed by atoms with E-state index in [2.05, 4.69) is 18.3 Å². The lowest BCUT2D eigenvalue weighted by Gasteiger charge is -2.25. The van der Waals surface area contributed by atoms with Crippen molar-refractivity contribution in [3.8, 4) is 0 Å². The predicted octanol–water partition coefficient (Wildman–Crippen LogP) is 3.35. The molecule has 0 aliphatic rings. The third kappa shape index (κ3) is 4.06. The average Bonchev–Trinajstić information content (AvgIpc) is 2.69. The Morgan fingerprint density at radius 1 is 1.44 bits per heavy atom. The Hall–Kier alpha value is -0.0900. The molecule has 0 aliphatic carbocycles. The molecule has 0 spiro atoms. The van der Waals surface area contributed by atoms with Crippen LogP contribution in [0.25, 0.3) is 0 Å². The van der Waals surface area contributed by atoms with Crippen LogP contribution in [-0.4, -0.2) is 25.8 Å². The summed E-state index contributed by atoms with van der Waals surface area (Å²) in [6.07, 6.45) is 2.28. The molecule has 0 aliphatic heterocycles. The Morgan fingerprint density at radius 3 is 2.62 bits per heavy atom. The van der Waals surface area contributed by atoms with Crippen LogP contribution in [0, 0.1) is 0 Å². The molecule has 2 unspecified atom stereocenters. The van der Waals surface area contributed by atoms with Gasteiger partial charge >= 0.3 is 0 Å². The Morgan fingerprint density at radius 2 is 2.19 bits per heavy atom. The fourth-order valence-corrected chi connectivity index (χ4v) is 2.98. The van der Waals surface area contributed by atoms with E-state index < -0.39 is 0 Å². The molecule has 0 bridgehead atoms. The molecule has 1 rings (SSSR count). The van der Waals surface area contributed by atoms with Crippen LogP contribution in [0.15, 0.2) is 12.1 Å². The molecule has 1 aromatic heterocycles. The maximum atomic E-state index is 5.93. The summed E-state index contributed by atoms with van der Waals surface area (Å²) in [5, 5.41) is 3.33. The van der Waals surface area contributed by atoms with E-state index in [9.17, 15) is 0 Å². The van der Waals surface area contributed by atoms with Gasteiger partial charge in [0.1, 0.15) is 0 Å². The molecule has 0 saturated carbocycles. The summed E-state index contributed by atoms with van der Waals surface area (Å²) in [7, 11) is 1.99. The van der Waals surface area contributed by atoms with Gasteiger partial charge in [0.25, 0.3) is 0 Å². The zero-order chi connectivity index (χ0) is 12.0. The monoisotopic (exact) mass is 261 g/mol. The van der Waals surface area contributed by atoms with Crippen LogP contribution < -0.4 is 5.32 Å². The van der Waals surface area contributed by atoms with Crippen LogP contribution in [0.2, 0.25) is 4.34 Å².